The van der Waals surface area contributed by atoms with Crippen molar-refractivity contribution in [3.05, 3.63) is 70.8 Å². The van der Waals surface area contributed by atoms with Gasteiger partial charge in [0.25, 0.3) is 0 Å². The van der Waals surface area contributed by atoms with Crippen LogP contribution in [0.25, 0.3) is 0 Å². The van der Waals surface area contributed by atoms with Gasteiger partial charge in [0, 0.05) is 17.7 Å². The first-order valence-corrected chi connectivity index (χ1v) is 13.3. The number of carbonyl (C=O) groups is 1. The number of alkyl halides is 1. The molecule has 0 aliphatic heterocycles. The third-order valence-electron chi connectivity index (χ3n) is 7.03. The second-order valence-corrected chi connectivity index (χ2v) is 10.2. The number of esters is 1. The van der Waals surface area contributed by atoms with Gasteiger partial charge in [-0.25, -0.2) is 0 Å². The van der Waals surface area contributed by atoms with Crippen molar-refractivity contribution in [3.63, 3.8) is 0 Å². The molecule has 0 radical (unpaired) electrons. The van der Waals surface area contributed by atoms with Gasteiger partial charge in [-0.3, -0.25) is 4.79 Å². The Hall–Kier alpha value is -1.92. The minimum atomic E-state index is -0.507. The van der Waals surface area contributed by atoms with E-state index in [-0.39, 0.29) is 42.8 Å². The Morgan fingerprint density at radius 3 is 2.60 bits per heavy atom. The Labute approximate surface area is 214 Å². The van der Waals surface area contributed by atoms with Crippen molar-refractivity contribution in [2.75, 3.05) is 13.2 Å². The average Bonchev–Trinajstić information content (AvgIpc) is 3.14. The number of rotatable bonds is 13. The lowest BCUT2D eigenvalue weighted by molar-refractivity contribution is -0.144. The highest BCUT2D eigenvalue weighted by Crippen LogP contribution is 2.44. The number of aliphatic hydroxyl groups excluding tert-OH is 3. The van der Waals surface area contributed by atoms with E-state index in [1.165, 1.54) is 0 Å². The van der Waals surface area contributed by atoms with Crippen molar-refractivity contribution in [2.45, 2.75) is 81.8 Å². The van der Waals surface area contributed by atoms with Crippen molar-refractivity contribution in [2.24, 2.45) is 5.92 Å². The summed E-state index contributed by atoms with van der Waals surface area (Å²) in [6.45, 7) is 2.01. The van der Waals surface area contributed by atoms with E-state index < -0.39 is 12.2 Å². The van der Waals surface area contributed by atoms with Crippen LogP contribution in [0, 0.1) is 5.92 Å². The standard InChI is InChI=1S/C29H39ClO5/c1-2-3-4-8-26(32)22-10-12-23(13-11-22)29-24(25(30)19-27(29)33)18-21-7-5-6-20(17-21)9-14-28(34)35-16-15-31/h5-7,10-13,17,24-27,29,31-33H,2-4,8-9,14-16,18-19H2,1H3/t24-,25+,26?,27+,29+/m0/s1. The number of unbranched alkanes of at least 4 members (excludes halogenated alkanes) is 2. The fourth-order valence-corrected chi connectivity index (χ4v) is 5.57. The molecule has 1 aliphatic rings. The van der Waals surface area contributed by atoms with E-state index >= 15 is 0 Å². The first-order valence-electron chi connectivity index (χ1n) is 12.9. The third-order valence-corrected chi connectivity index (χ3v) is 7.53. The van der Waals surface area contributed by atoms with Crippen LogP contribution in [0.2, 0.25) is 0 Å². The zero-order chi connectivity index (χ0) is 25.2. The Morgan fingerprint density at radius 1 is 1.14 bits per heavy atom. The second kappa shape index (κ2) is 14.0. The maximum Gasteiger partial charge on any atom is 0.306 e. The number of benzene rings is 2. The molecule has 0 spiro atoms. The lowest BCUT2D eigenvalue weighted by Gasteiger charge is -2.25. The first-order chi connectivity index (χ1) is 16.9. The van der Waals surface area contributed by atoms with Crippen LogP contribution in [-0.2, 0) is 22.4 Å². The maximum atomic E-state index is 11.8. The second-order valence-electron chi connectivity index (χ2n) is 9.66. The van der Waals surface area contributed by atoms with Crippen LogP contribution < -0.4 is 0 Å². The largest absolute Gasteiger partial charge is 0.463 e. The van der Waals surface area contributed by atoms with E-state index in [0.29, 0.717) is 12.8 Å². The number of aliphatic hydroxyl groups is 3. The summed E-state index contributed by atoms with van der Waals surface area (Å²) >= 11 is 6.73. The smallest absolute Gasteiger partial charge is 0.306 e. The molecule has 0 amide bonds. The van der Waals surface area contributed by atoms with Crippen LogP contribution in [0.1, 0.15) is 79.7 Å². The Balaban J connectivity index is 1.66. The zero-order valence-electron chi connectivity index (χ0n) is 20.6. The van der Waals surface area contributed by atoms with Crippen molar-refractivity contribution in [1.82, 2.24) is 0 Å². The van der Waals surface area contributed by atoms with E-state index in [4.69, 9.17) is 21.4 Å². The number of hydrogen-bond donors (Lipinski definition) is 3. The molecule has 1 fully saturated rings. The minimum Gasteiger partial charge on any atom is -0.463 e. The quantitative estimate of drug-likeness (QED) is 0.202. The highest BCUT2D eigenvalue weighted by Gasteiger charge is 2.42. The third kappa shape index (κ3) is 8.04. The zero-order valence-corrected chi connectivity index (χ0v) is 21.4. The van der Waals surface area contributed by atoms with Gasteiger partial charge in [-0.05, 0) is 53.9 Å². The molecule has 0 aromatic heterocycles. The van der Waals surface area contributed by atoms with Crippen molar-refractivity contribution in [1.29, 1.82) is 0 Å². The van der Waals surface area contributed by atoms with E-state index in [0.717, 1.165) is 54.4 Å². The molecule has 0 bridgehead atoms. The Bertz CT molecular complexity index is 916. The van der Waals surface area contributed by atoms with Gasteiger partial charge in [-0.1, -0.05) is 74.7 Å². The molecule has 2 aromatic rings. The van der Waals surface area contributed by atoms with Gasteiger partial charge in [-0.15, -0.1) is 11.6 Å². The first kappa shape index (κ1) is 27.7. The van der Waals surface area contributed by atoms with Gasteiger partial charge in [-0.2, -0.15) is 0 Å². The molecular formula is C29H39ClO5. The Kier molecular flexibility index (Phi) is 11.1. The minimum absolute atomic E-state index is 0.0280. The molecule has 3 rings (SSSR count). The molecule has 2 aromatic carbocycles. The molecule has 1 unspecified atom stereocenters. The van der Waals surface area contributed by atoms with Gasteiger partial charge in [0.2, 0.25) is 0 Å². The molecule has 1 aliphatic carbocycles. The monoisotopic (exact) mass is 502 g/mol. The van der Waals surface area contributed by atoms with Crippen molar-refractivity contribution < 1.29 is 24.9 Å². The normalized spacial score (nSPS) is 22.8. The van der Waals surface area contributed by atoms with E-state index in [9.17, 15) is 15.0 Å². The molecule has 0 heterocycles. The number of aryl methyl sites for hydroxylation is 1. The highest BCUT2D eigenvalue weighted by molar-refractivity contribution is 6.21. The van der Waals surface area contributed by atoms with Crippen molar-refractivity contribution >= 4 is 17.6 Å². The van der Waals surface area contributed by atoms with Crippen LogP contribution in [-0.4, -0.2) is 46.0 Å². The molecular weight excluding hydrogens is 464 g/mol. The van der Waals surface area contributed by atoms with Crippen LogP contribution in [0.5, 0.6) is 0 Å². The summed E-state index contributed by atoms with van der Waals surface area (Å²) in [5.41, 5.74) is 4.15. The summed E-state index contributed by atoms with van der Waals surface area (Å²) in [7, 11) is 0. The van der Waals surface area contributed by atoms with E-state index in [1.807, 2.05) is 36.4 Å². The van der Waals surface area contributed by atoms with Crippen LogP contribution in [0.3, 0.4) is 0 Å². The molecule has 6 heteroatoms. The summed E-state index contributed by atoms with van der Waals surface area (Å²) in [6, 6.07) is 16.2. The summed E-state index contributed by atoms with van der Waals surface area (Å²) < 4.78 is 4.94. The van der Waals surface area contributed by atoms with E-state index in [1.54, 1.807) is 0 Å². The summed E-state index contributed by atoms with van der Waals surface area (Å²) in [6.07, 6.45) is 5.19. The molecule has 192 valence electrons. The molecule has 35 heavy (non-hydrogen) atoms. The lowest BCUT2D eigenvalue weighted by Crippen LogP contribution is -2.21. The van der Waals surface area contributed by atoms with Crippen LogP contribution in [0.4, 0.5) is 0 Å². The van der Waals surface area contributed by atoms with Crippen LogP contribution >= 0.6 is 11.6 Å². The Morgan fingerprint density at radius 2 is 1.89 bits per heavy atom. The maximum absolute atomic E-state index is 11.8. The number of halogens is 1. The summed E-state index contributed by atoms with van der Waals surface area (Å²) in [5, 5.41) is 30.0. The van der Waals surface area contributed by atoms with Crippen molar-refractivity contribution in [3.8, 4) is 0 Å². The van der Waals surface area contributed by atoms with Gasteiger partial charge in [0.15, 0.2) is 0 Å². The molecule has 3 N–H and O–H groups in total. The summed E-state index contributed by atoms with van der Waals surface area (Å²) in [5.74, 6) is -0.305. The van der Waals surface area contributed by atoms with Gasteiger partial charge < -0.3 is 20.1 Å². The average molecular weight is 503 g/mol. The molecule has 0 saturated heterocycles. The van der Waals surface area contributed by atoms with Gasteiger partial charge >= 0.3 is 5.97 Å². The fraction of sp³-hybridized carbons (Fsp3) is 0.552. The topological polar surface area (TPSA) is 87.0 Å². The molecule has 5 nitrogen and oxygen atoms in total. The highest BCUT2D eigenvalue weighted by atomic mass is 35.5. The van der Waals surface area contributed by atoms with Gasteiger partial charge in [0.1, 0.15) is 6.61 Å². The lowest BCUT2D eigenvalue weighted by atomic mass is 9.83. The van der Waals surface area contributed by atoms with Gasteiger partial charge in [0.05, 0.1) is 18.8 Å². The number of carbonyl (C=O) groups excluding carboxylic acids is 1. The predicted octanol–water partition coefficient (Wildman–Crippen LogP) is 5.08. The fourth-order valence-electron chi connectivity index (χ4n) is 5.14. The summed E-state index contributed by atoms with van der Waals surface area (Å²) in [4.78, 5) is 11.8. The predicted molar refractivity (Wildman–Crippen MR) is 139 cm³/mol. The SMILES string of the molecule is CCCCCC(O)c1ccc([C@@H]2[C@@H](Cc3cccc(CCC(=O)OCCO)c3)[C@H](Cl)C[C@H]2O)cc1. The van der Waals surface area contributed by atoms with Crippen LogP contribution in [0.15, 0.2) is 48.5 Å². The number of ether oxygens (including phenoxy) is 1. The van der Waals surface area contributed by atoms with E-state index in [2.05, 4.69) is 19.1 Å². The molecule has 1 saturated carbocycles. The number of hydrogen-bond acceptors (Lipinski definition) is 5. The molecule has 5 atom stereocenters.